The minimum absolute atomic E-state index is 0.0241. The van der Waals surface area contributed by atoms with Crippen molar-refractivity contribution in [3.05, 3.63) is 83.7 Å². The molecule has 1 heterocycles. The summed E-state index contributed by atoms with van der Waals surface area (Å²) in [6.07, 6.45) is -5.08. The molecular weight excluding hydrogens is 584 g/mol. The van der Waals surface area contributed by atoms with Gasteiger partial charge in [0, 0.05) is 26.2 Å². The van der Waals surface area contributed by atoms with Crippen LogP contribution >= 0.6 is 0 Å². The number of carbonyl (C=O) groups is 2. The molecule has 0 radical (unpaired) electrons. The van der Waals surface area contributed by atoms with Crippen LogP contribution in [0.2, 0.25) is 0 Å². The Morgan fingerprint density at radius 1 is 0.756 bits per heavy atom. The number of anilines is 3. The van der Waals surface area contributed by atoms with Gasteiger partial charge in [-0.1, -0.05) is 12.1 Å². The van der Waals surface area contributed by atoms with Crippen LogP contribution in [0.4, 0.5) is 43.4 Å². The first-order chi connectivity index (χ1) is 19.1. The van der Waals surface area contributed by atoms with E-state index in [0.29, 0.717) is 49.7 Å². The van der Waals surface area contributed by atoms with Crippen LogP contribution in [0.1, 0.15) is 10.4 Å². The maximum Gasteiger partial charge on any atom is 0.490 e. The van der Waals surface area contributed by atoms with Crippen LogP contribution < -0.4 is 14.5 Å². The highest BCUT2D eigenvalue weighted by atomic mass is 32.2. The van der Waals surface area contributed by atoms with E-state index in [9.17, 15) is 44.7 Å². The summed E-state index contributed by atoms with van der Waals surface area (Å²) < 4.78 is 101. The number of benzene rings is 3. The Bertz CT molecular complexity index is 1540. The first-order valence-corrected chi connectivity index (χ1v) is 13.0. The van der Waals surface area contributed by atoms with E-state index in [1.54, 1.807) is 18.2 Å². The van der Waals surface area contributed by atoms with E-state index in [1.165, 1.54) is 24.3 Å². The van der Waals surface area contributed by atoms with Crippen molar-refractivity contribution >= 4 is 39.0 Å². The maximum atomic E-state index is 14.1. The number of nitrogens with one attached hydrogen (secondary N) is 1. The van der Waals surface area contributed by atoms with Crippen molar-refractivity contribution in [3.63, 3.8) is 0 Å². The molecule has 0 spiro atoms. The zero-order valence-electron chi connectivity index (χ0n) is 20.7. The molecule has 9 nitrogen and oxygen atoms in total. The number of alkyl halides is 3. The van der Waals surface area contributed by atoms with E-state index in [4.69, 9.17) is 9.90 Å². The van der Waals surface area contributed by atoms with E-state index in [1.807, 2.05) is 9.80 Å². The van der Waals surface area contributed by atoms with Gasteiger partial charge >= 0.3 is 18.1 Å². The van der Waals surface area contributed by atoms with Crippen LogP contribution in [0, 0.1) is 17.5 Å². The Morgan fingerprint density at radius 2 is 1.32 bits per heavy atom. The van der Waals surface area contributed by atoms with Gasteiger partial charge in [0.05, 0.1) is 27.5 Å². The van der Waals surface area contributed by atoms with Crippen molar-refractivity contribution in [2.45, 2.75) is 11.1 Å². The number of nitrogens with zero attached hydrogens (tertiary/aromatic N) is 2. The highest BCUT2D eigenvalue weighted by Crippen LogP contribution is 2.32. The fraction of sp³-hybridized carbons (Fsp3) is 0.200. The molecule has 0 saturated carbocycles. The zero-order chi connectivity index (χ0) is 30.5. The maximum absolute atomic E-state index is 14.1. The number of aliphatic carboxylic acids is 1. The Hall–Kier alpha value is -4.47. The van der Waals surface area contributed by atoms with Crippen molar-refractivity contribution in [2.75, 3.05) is 40.7 Å². The topological polar surface area (TPSA) is 127 Å². The second-order valence-electron chi connectivity index (χ2n) is 8.45. The predicted octanol–water partition coefficient (Wildman–Crippen LogP) is 4.56. The van der Waals surface area contributed by atoms with E-state index >= 15 is 0 Å². The number of rotatable bonds is 6. The molecular formula is C25H21F6N3O6S. The fourth-order valence-corrected chi connectivity index (χ4v) is 4.85. The highest BCUT2D eigenvalue weighted by Gasteiger charge is 2.38. The lowest BCUT2D eigenvalue weighted by Crippen LogP contribution is -2.47. The van der Waals surface area contributed by atoms with E-state index in [2.05, 4.69) is 4.72 Å². The largest absolute Gasteiger partial charge is 0.490 e. The van der Waals surface area contributed by atoms with Gasteiger partial charge in [-0.2, -0.15) is 13.2 Å². The molecule has 0 bridgehead atoms. The number of hydrogen-bond donors (Lipinski definition) is 3. The molecule has 0 amide bonds. The molecule has 1 fully saturated rings. The molecule has 3 aromatic carbocycles. The van der Waals surface area contributed by atoms with Crippen LogP contribution in [0.15, 0.2) is 65.6 Å². The molecule has 220 valence electrons. The first kappa shape index (κ1) is 31.1. The van der Waals surface area contributed by atoms with Crippen molar-refractivity contribution < 1.29 is 54.6 Å². The summed E-state index contributed by atoms with van der Waals surface area (Å²) in [7, 11) is -4.35. The molecule has 0 unspecified atom stereocenters. The SMILES string of the molecule is O=C(O)C(F)(F)F.O=C(O)c1ccc(N2CCN(c3ccccc3F)CC2)c(NS(=O)(=O)c2ccc(F)c(F)c2)c1. The van der Waals surface area contributed by atoms with Gasteiger partial charge in [0.1, 0.15) is 5.82 Å². The zero-order valence-corrected chi connectivity index (χ0v) is 21.5. The number of piperazine rings is 1. The van der Waals surface area contributed by atoms with Gasteiger partial charge in [-0.05, 0) is 48.5 Å². The molecule has 0 aromatic heterocycles. The molecule has 1 aliphatic heterocycles. The Labute approximate surface area is 229 Å². The third kappa shape index (κ3) is 7.81. The number of carboxylic acid groups (broad SMARTS) is 2. The summed E-state index contributed by atoms with van der Waals surface area (Å²) in [5.41, 5.74) is 0.688. The molecule has 1 saturated heterocycles. The van der Waals surface area contributed by atoms with E-state index in [0.717, 1.165) is 6.07 Å². The lowest BCUT2D eigenvalue weighted by molar-refractivity contribution is -0.192. The van der Waals surface area contributed by atoms with E-state index in [-0.39, 0.29) is 17.1 Å². The number of carboxylic acids is 2. The second-order valence-corrected chi connectivity index (χ2v) is 10.1. The van der Waals surface area contributed by atoms with E-state index < -0.39 is 44.7 Å². The smallest absolute Gasteiger partial charge is 0.478 e. The third-order valence-corrected chi connectivity index (χ3v) is 7.11. The van der Waals surface area contributed by atoms with Crippen molar-refractivity contribution in [2.24, 2.45) is 0 Å². The molecule has 1 aliphatic rings. The molecule has 3 aromatic rings. The van der Waals surface area contributed by atoms with Gasteiger partial charge in [0.25, 0.3) is 10.0 Å². The quantitative estimate of drug-likeness (QED) is 0.349. The lowest BCUT2D eigenvalue weighted by Gasteiger charge is -2.38. The lowest BCUT2D eigenvalue weighted by atomic mass is 10.1. The molecule has 4 rings (SSSR count). The third-order valence-electron chi connectivity index (χ3n) is 5.75. The Balaban J connectivity index is 0.000000587. The summed E-state index contributed by atoms with van der Waals surface area (Å²) >= 11 is 0. The van der Waals surface area contributed by atoms with Gasteiger partial charge in [-0.15, -0.1) is 0 Å². The molecule has 41 heavy (non-hydrogen) atoms. The van der Waals surface area contributed by atoms with Gasteiger partial charge in [-0.3, -0.25) is 4.72 Å². The molecule has 3 N–H and O–H groups in total. The van der Waals surface area contributed by atoms with Gasteiger partial charge in [0.2, 0.25) is 0 Å². The van der Waals surface area contributed by atoms with Crippen molar-refractivity contribution in [3.8, 4) is 0 Å². The second kappa shape index (κ2) is 12.4. The summed E-state index contributed by atoms with van der Waals surface area (Å²) in [6, 6.07) is 12.5. The van der Waals surface area contributed by atoms with Gasteiger partial charge in [0.15, 0.2) is 11.6 Å². The predicted molar refractivity (Wildman–Crippen MR) is 135 cm³/mol. The van der Waals surface area contributed by atoms with Gasteiger partial charge < -0.3 is 20.0 Å². The van der Waals surface area contributed by atoms with Crippen molar-refractivity contribution in [1.82, 2.24) is 0 Å². The van der Waals surface area contributed by atoms with Crippen LogP contribution in [-0.2, 0) is 14.8 Å². The number of sulfonamides is 1. The Kier molecular flexibility index (Phi) is 9.37. The van der Waals surface area contributed by atoms with Crippen LogP contribution in [0.3, 0.4) is 0 Å². The molecule has 0 atom stereocenters. The van der Waals surface area contributed by atoms with Crippen LogP contribution in [0.5, 0.6) is 0 Å². The van der Waals surface area contributed by atoms with Gasteiger partial charge in [-0.25, -0.2) is 31.2 Å². The molecule has 0 aliphatic carbocycles. The summed E-state index contributed by atoms with van der Waals surface area (Å²) in [5.74, 6) is -6.88. The summed E-state index contributed by atoms with van der Waals surface area (Å²) in [6.45, 7) is 1.69. The minimum atomic E-state index is -5.08. The normalized spacial score (nSPS) is 13.7. The average Bonchev–Trinajstić information content (AvgIpc) is 2.90. The summed E-state index contributed by atoms with van der Waals surface area (Å²) in [4.78, 5) is 23.6. The highest BCUT2D eigenvalue weighted by molar-refractivity contribution is 7.92. The monoisotopic (exact) mass is 605 g/mol. The average molecular weight is 606 g/mol. The molecule has 16 heteroatoms. The fourth-order valence-electron chi connectivity index (χ4n) is 3.77. The number of para-hydroxylation sites is 1. The standard InChI is InChI=1S/C23H20F3N3O4S.C2HF3O2/c24-17-7-6-16(14-19(17)26)34(32,33)27-20-13-15(23(30)31)5-8-22(20)29-11-9-28(10-12-29)21-4-2-1-3-18(21)25;3-2(4,5)1(6)7/h1-8,13-14,27H,9-12H2,(H,30,31);(H,6,7). The van der Waals surface area contributed by atoms with Crippen LogP contribution in [0.25, 0.3) is 0 Å². The summed E-state index contributed by atoms with van der Waals surface area (Å²) in [5, 5.41) is 16.5. The number of halogens is 6. The first-order valence-electron chi connectivity index (χ1n) is 11.5. The minimum Gasteiger partial charge on any atom is -0.478 e. The van der Waals surface area contributed by atoms with Crippen molar-refractivity contribution in [1.29, 1.82) is 0 Å². The number of hydrogen-bond acceptors (Lipinski definition) is 6. The Morgan fingerprint density at radius 3 is 1.83 bits per heavy atom. The number of aromatic carboxylic acids is 1. The van der Waals surface area contributed by atoms with Crippen LogP contribution in [-0.4, -0.2) is 62.9 Å².